The van der Waals surface area contributed by atoms with Gasteiger partial charge in [-0.05, 0) is 37.3 Å². The van der Waals surface area contributed by atoms with Crippen LogP contribution in [0.15, 0.2) is 51.8 Å². The second kappa shape index (κ2) is 5.46. The van der Waals surface area contributed by atoms with Gasteiger partial charge in [-0.15, -0.1) is 0 Å². The fourth-order valence-electron chi connectivity index (χ4n) is 1.80. The summed E-state index contributed by atoms with van der Waals surface area (Å²) < 4.78 is 27.1. The van der Waals surface area contributed by atoms with Gasteiger partial charge < -0.3 is 5.73 Å². The van der Waals surface area contributed by atoms with Crippen LogP contribution in [-0.4, -0.2) is 15.5 Å². The van der Waals surface area contributed by atoms with E-state index in [2.05, 4.69) is 15.9 Å². The molecule has 6 heteroatoms. The Morgan fingerprint density at radius 1 is 1.10 bits per heavy atom. The van der Waals surface area contributed by atoms with Crippen LogP contribution < -0.4 is 10.0 Å². The summed E-state index contributed by atoms with van der Waals surface area (Å²) >= 11 is 3.26. The summed E-state index contributed by atoms with van der Waals surface area (Å²) in [7, 11) is -2.15. The van der Waals surface area contributed by atoms with E-state index >= 15 is 0 Å². The molecular weight excluding hydrogens is 340 g/mol. The van der Waals surface area contributed by atoms with Crippen LogP contribution in [0.25, 0.3) is 0 Å². The second-order valence-electron chi connectivity index (χ2n) is 4.49. The van der Waals surface area contributed by atoms with Crippen molar-refractivity contribution in [2.75, 3.05) is 17.1 Å². The summed E-state index contributed by atoms with van der Waals surface area (Å²) in [6.07, 6.45) is 0. The molecule has 0 bridgehead atoms. The number of halogens is 1. The molecule has 0 saturated heterocycles. The normalized spacial score (nSPS) is 11.3. The van der Waals surface area contributed by atoms with Crippen molar-refractivity contribution in [1.29, 1.82) is 0 Å². The summed E-state index contributed by atoms with van der Waals surface area (Å²) in [5.74, 6) is 0. The van der Waals surface area contributed by atoms with Crippen LogP contribution in [0, 0.1) is 6.92 Å². The van der Waals surface area contributed by atoms with E-state index in [1.807, 2.05) is 19.1 Å². The van der Waals surface area contributed by atoms with Gasteiger partial charge in [-0.3, -0.25) is 4.31 Å². The van der Waals surface area contributed by atoms with Crippen molar-refractivity contribution in [3.05, 3.63) is 52.5 Å². The molecule has 0 aromatic heterocycles. The molecule has 0 spiro atoms. The highest BCUT2D eigenvalue weighted by molar-refractivity contribution is 9.10. The number of nitrogens with zero attached hydrogens (tertiary/aromatic N) is 1. The lowest BCUT2D eigenvalue weighted by molar-refractivity contribution is 0.595. The van der Waals surface area contributed by atoms with Crippen molar-refractivity contribution >= 4 is 37.3 Å². The third-order valence-electron chi connectivity index (χ3n) is 3.01. The van der Waals surface area contributed by atoms with Crippen LogP contribution >= 0.6 is 15.9 Å². The van der Waals surface area contributed by atoms with Gasteiger partial charge in [0.25, 0.3) is 10.0 Å². The van der Waals surface area contributed by atoms with Gasteiger partial charge in [-0.1, -0.05) is 33.6 Å². The van der Waals surface area contributed by atoms with Crippen molar-refractivity contribution < 1.29 is 8.42 Å². The first kappa shape index (κ1) is 14.9. The number of benzene rings is 2. The van der Waals surface area contributed by atoms with Gasteiger partial charge in [-0.2, -0.15) is 0 Å². The molecule has 2 aromatic rings. The number of hydrogen-bond acceptors (Lipinski definition) is 3. The number of hydrogen-bond donors (Lipinski definition) is 1. The van der Waals surface area contributed by atoms with Crippen LogP contribution in [0.2, 0.25) is 0 Å². The van der Waals surface area contributed by atoms with Gasteiger partial charge in [0.1, 0.15) is 4.90 Å². The van der Waals surface area contributed by atoms with E-state index in [0.29, 0.717) is 5.69 Å². The zero-order valence-electron chi connectivity index (χ0n) is 11.2. The van der Waals surface area contributed by atoms with Gasteiger partial charge >= 0.3 is 0 Å². The van der Waals surface area contributed by atoms with Gasteiger partial charge in [-0.25, -0.2) is 8.42 Å². The minimum Gasteiger partial charge on any atom is -0.398 e. The van der Waals surface area contributed by atoms with E-state index in [9.17, 15) is 8.42 Å². The molecule has 0 fully saturated rings. The smallest absolute Gasteiger partial charge is 0.266 e. The number of rotatable bonds is 3. The minimum absolute atomic E-state index is 0.101. The maximum Gasteiger partial charge on any atom is 0.266 e. The van der Waals surface area contributed by atoms with E-state index in [1.54, 1.807) is 24.3 Å². The van der Waals surface area contributed by atoms with Crippen LogP contribution in [-0.2, 0) is 10.0 Å². The molecule has 2 rings (SSSR count). The lowest BCUT2D eigenvalue weighted by atomic mass is 10.2. The number of anilines is 2. The Balaban J connectivity index is 2.46. The fraction of sp³-hybridized carbons (Fsp3) is 0.143. The molecule has 106 valence electrons. The third-order valence-corrected chi connectivity index (χ3v) is 5.36. The lowest BCUT2D eigenvalue weighted by Gasteiger charge is -2.20. The van der Waals surface area contributed by atoms with Gasteiger partial charge in [0.15, 0.2) is 0 Å². The quantitative estimate of drug-likeness (QED) is 0.861. The molecule has 0 aliphatic carbocycles. The molecule has 0 unspecified atom stereocenters. The molecule has 0 heterocycles. The van der Waals surface area contributed by atoms with Gasteiger partial charge in [0, 0.05) is 11.5 Å². The number of nitrogen functional groups attached to an aromatic ring is 1. The first-order chi connectivity index (χ1) is 9.32. The first-order valence-corrected chi connectivity index (χ1v) is 8.16. The van der Waals surface area contributed by atoms with E-state index in [-0.39, 0.29) is 10.6 Å². The van der Waals surface area contributed by atoms with Crippen molar-refractivity contribution in [1.82, 2.24) is 0 Å². The molecule has 0 aliphatic heterocycles. The first-order valence-electron chi connectivity index (χ1n) is 5.93. The summed E-state index contributed by atoms with van der Waals surface area (Å²) in [6.45, 7) is 1.95. The molecule has 0 saturated carbocycles. The average molecular weight is 355 g/mol. The molecule has 20 heavy (non-hydrogen) atoms. The largest absolute Gasteiger partial charge is 0.398 e. The van der Waals surface area contributed by atoms with Crippen molar-refractivity contribution in [2.24, 2.45) is 0 Å². The van der Waals surface area contributed by atoms with Crippen molar-refractivity contribution in [2.45, 2.75) is 11.8 Å². The summed E-state index contributed by atoms with van der Waals surface area (Å²) in [5, 5.41) is 0. The standard InChI is InChI=1S/C14H15BrN2O2S/c1-10-3-6-12(7-4-10)17(2)20(18,19)14-8-5-11(15)9-13(14)16/h3-9H,16H2,1-2H3. The zero-order valence-corrected chi connectivity index (χ0v) is 13.6. The molecule has 0 amide bonds. The van der Waals surface area contributed by atoms with E-state index in [0.717, 1.165) is 10.0 Å². The Labute approximate surface area is 127 Å². The third kappa shape index (κ3) is 2.81. The minimum atomic E-state index is -3.66. The SMILES string of the molecule is Cc1ccc(N(C)S(=O)(=O)c2ccc(Br)cc2N)cc1. The maximum atomic E-state index is 12.6. The van der Waals surface area contributed by atoms with E-state index in [1.165, 1.54) is 17.4 Å². The Morgan fingerprint density at radius 3 is 2.25 bits per heavy atom. The molecule has 4 nitrogen and oxygen atoms in total. The zero-order chi connectivity index (χ0) is 14.9. The predicted molar refractivity (Wildman–Crippen MR) is 85.3 cm³/mol. The van der Waals surface area contributed by atoms with E-state index < -0.39 is 10.0 Å². The highest BCUT2D eigenvalue weighted by atomic mass is 79.9. The maximum absolute atomic E-state index is 12.6. The topological polar surface area (TPSA) is 63.4 Å². The summed E-state index contributed by atoms with van der Waals surface area (Å²) in [6, 6.07) is 12.0. The van der Waals surface area contributed by atoms with Crippen LogP contribution in [0.3, 0.4) is 0 Å². The van der Waals surface area contributed by atoms with Crippen LogP contribution in [0.1, 0.15) is 5.56 Å². The van der Waals surface area contributed by atoms with Crippen molar-refractivity contribution in [3.63, 3.8) is 0 Å². The highest BCUT2D eigenvalue weighted by Gasteiger charge is 2.23. The molecular formula is C14H15BrN2O2S. The molecule has 2 aromatic carbocycles. The van der Waals surface area contributed by atoms with E-state index in [4.69, 9.17) is 5.73 Å². The van der Waals surface area contributed by atoms with Crippen LogP contribution in [0.5, 0.6) is 0 Å². The monoisotopic (exact) mass is 354 g/mol. The number of nitrogens with two attached hydrogens (primary N) is 1. The average Bonchev–Trinajstić information content (AvgIpc) is 2.38. The molecule has 0 radical (unpaired) electrons. The second-order valence-corrected chi connectivity index (χ2v) is 7.34. The Kier molecular flexibility index (Phi) is 4.06. The Hall–Kier alpha value is -1.53. The van der Waals surface area contributed by atoms with Crippen molar-refractivity contribution in [3.8, 4) is 0 Å². The lowest BCUT2D eigenvalue weighted by Crippen LogP contribution is -2.27. The molecule has 0 aliphatic rings. The Bertz CT molecular complexity index is 727. The summed E-state index contributed by atoms with van der Waals surface area (Å²) in [5.41, 5.74) is 7.70. The van der Waals surface area contributed by atoms with Gasteiger partial charge in [0.2, 0.25) is 0 Å². The summed E-state index contributed by atoms with van der Waals surface area (Å²) in [4.78, 5) is 0.101. The highest BCUT2D eigenvalue weighted by Crippen LogP contribution is 2.28. The Morgan fingerprint density at radius 2 is 1.70 bits per heavy atom. The number of aryl methyl sites for hydroxylation is 1. The molecule has 0 atom stereocenters. The molecule has 2 N–H and O–H groups in total. The number of sulfonamides is 1. The van der Waals surface area contributed by atoms with Gasteiger partial charge in [0.05, 0.1) is 11.4 Å². The van der Waals surface area contributed by atoms with Crippen LogP contribution in [0.4, 0.5) is 11.4 Å². The fourth-order valence-corrected chi connectivity index (χ4v) is 3.47. The predicted octanol–water partition coefficient (Wildman–Crippen LogP) is 3.16.